The van der Waals surface area contributed by atoms with Crippen molar-refractivity contribution in [1.82, 2.24) is 4.90 Å². The van der Waals surface area contributed by atoms with Crippen molar-refractivity contribution in [3.8, 4) is 12.1 Å². The molecule has 0 amide bonds. The fourth-order valence-electron chi connectivity index (χ4n) is 2.53. The summed E-state index contributed by atoms with van der Waals surface area (Å²) >= 11 is 0. The van der Waals surface area contributed by atoms with E-state index in [2.05, 4.69) is 12.1 Å². The van der Waals surface area contributed by atoms with Crippen LogP contribution in [0.25, 0.3) is 5.57 Å². The number of pyridine rings is 1. The van der Waals surface area contributed by atoms with E-state index in [1.807, 2.05) is 0 Å². The van der Waals surface area contributed by atoms with Crippen LogP contribution in [-0.2, 0) is 16.1 Å². The van der Waals surface area contributed by atoms with Crippen LogP contribution in [0.3, 0.4) is 0 Å². The molecular formula is C21H19IN4O4. The lowest BCUT2D eigenvalue weighted by atomic mass is 10.0. The van der Waals surface area contributed by atoms with Gasteiger partial charge < -0.3 is 39.1 Å². The van der Waals surface area contributed by atoms with Gasteiger partial charge in [0.25, 0.3) is 0 Å². The molecule has 30 heavy (non-hydrogen) atoms. The van der Waals surface area contributed by atoms with E-state index in [1.165, 1.54) is 6.08 Å². The van der Waals surface area contributed by atoms with Crippen LogP contribution in [0.1, 0.15) is 18.4 Å². The van der Waals surface area contributed by atoms with Crippen LogP contribution in [0, 0.1) is 22.7 Å². The summed E-state index contributed by atoms with van der Waals surface area (Å²) in [4.78, 5) is 23.0. The van der Waals surface area contributed by atoms with E-state index in [-0.39, 0.29) is 36.8 Å². The molecule has 154 valence electrons. The average molecular weight is 518 g/mol. The van der Waals surface area contributed by atoms with Crippen LogP contribution < -0.4 is 28.5 Å². The van der Waals surface area contributed by atoms with Crippen LogP contribution in [0.15, 0.2) is 66.3 Å². The molecule has 0 bridgehead atoms. The smallest absolute Gasteiger partial charge is 0.309 e. The van der Waals surface area contributed by atoms with E-state index < -0.39 is 11.9 Å². The van der Waals surface area contributed by atoms with E-state index in [9.17, 15) is 20.1 Å². The van der Waals surface area contributed by atoms with Gasteiger partial charge in [-0.1, -0.05) is 0 Å². The number of allylic oxidation sites excluding steroid dienone is 6. The standard InChI is InChI=1S/C21H18N4O4.HI/c22-14-18(16-1-7-24(8-2-16)11-5-20(26)27)13-19(15-23)17-3-9-25(10-4-17)12-6-21(28)29;/h1-4,7-10,13H,5-6,11-12H2,(H-,26,27,28,29);1H. The maximum absolute atomic E-state index is 10.6. The van der Waals surface area contributed by atoms with Crippen LogP contribution in [-0.4, -0.2) is 33.6 Å². The monoisotopic (exact) mass is 518 g/mol. The fraction of sp³-hybridized carbons (Fsp3) is 0.190. The molecule has 1 aromatic heterocycles. The Morgan fingerprint density at radius 1 is 1.03 bits per heavy atom. The summed E-state index contributed by atoms with van der Waals surface area (Å²) in [6, 6.07) is 7.55. The molecule has 0 radical (unpaired) electrons. The van der Waals surface area contributed by atoms with Crippen molar-refractivity contribution in [2.24, 2.45) is 0 Å². The molecule has 2 N–H and O–H groups in total. The van der Waals surface area contributed by atoms with Gasteiger partial charge >= 0.3 is 11.9 Å². The molecule has 0 aliphatic carbocycles. The zero-order chi connectivity index (χ0) is 21.2. The Kier molecular flexibility index (Phi) is 10.00. The Morgan fingerprint density at radius 3 is 2.13 bits per heavy atom. The third-order valence-electron chi connectivity index (χ3n) is 4.10. The summed E-state index contributed by atoms with van der Waals surface area (Å²) in [5.74, 6) is -1.78. The Morgan fingerprint density at radius 2 is 1.63 bits per heavy atom. The lowest BCUT2D eigenvalue weighted by Gasteiger charge is -2.17. The zero-order valence-electron chi connectivity index (χ0n) is 15.9. The van der Waals surface area contributed by atoms with Crippen LogP contribution in [0.2, 0.25) is 0 Å². The second kappa shape index (κ2) is 12.2. The predicted octanol–water partition coefficient (Wildman–Crippen LogP) is -1.00. The molecule has 0 atom stereocenters. The number of nitrogens with zero attached hydrogens (tertiary/aromatic N) is 4. The summed E-state index contributed by atoms with van der Waals surface area (Å²) in [5, 5.41) is 36.5. The third kappa shape index (κ3) is 7.53. The molecule has 1 aliphatic rings. The number of carboxylic acid groups (broad SMARTS) is 2. The second-order valence-corrected chi connectivity index (χ2v) is 6.13. The van der Waals surface area contributed by atoms with Gasteiger partial charge in [0.05, 0.1) is 29.7 Å². The molecule has 0 saturated carbocycles. The van der Waals surface area contributed by atoms with Crippen LogP contribution in [0.4, 0.5) is 0 Å². The van der Waals surface area contributed by atoms with Crippen molar-refractivity contribution in [3.63, 3.8) is 0 Å². The Hall–Kier alpha value is -3.44. The van der Waals surface area contributed by atoms with Gasteiger partial charge in [-0.2, -0.15) is 10.5 Å². The highest BCUT2D eigenvalue weighted by atomic mass is 127. The van der Waals surface area contributed by atoms with Gasteiger partial charge in [0.1, 0.15) is 6.42 Å². The normalized spacial score (nSPS) is 12.5. The van der Waals surface area contributed by atoms with Crippen molar-refractivity contribution < 1.29 is 48.3 Å². The lowest BCUT2D eigenvalue weighted by molar-refractivity contribution is -0.696. The molecule has 9 heteroatoms. The molecule has 8 nitrogen and oxygen atoms in total. The van der Waals surface area contributed by atoms with E-state index in [0.29, 0.717) is 35.4 Å². The number of nitriles is 2. The van der Waals surface area contributed by atoms with Crippen molar-refractivity contribution in [1.29, 1.82) is 10.5 Å². The largest absolute Gasteiger partial charge is 1.00 e. The summed E-state index contributed by atoms with van der Waals surface area (Å²) in [6.45, 7) is 0.644. The number of hydrogen-bond donors (Lipinski definition) is 2. The van der Waals surface area contributed by atoms with Crippen LogP contribution >= 0.6 is 0 Å². The van der Waals surface area contributed by atoms with Crippen molar-refractivity contribution in [3.05, 3.63) is 71.9 Å². The highest BCUT2D eigenvalue weighted by Crippen LogP contribution is 2.20. The molecular weight excluding hydrogens is 499 g/mol. The number of rotatable bonds is 8. The first kappa shape index (κ1) is 24.6. The molecule has 2 heterocycles. The number of halogens is 1. The van der Waals surface area contributed by atoms with Gasteiger partial charge in [-0.25, -0.2) is 4.57 Å². The number of aryl methyl sites for hydroxylation is 1. The maximum Gasteiger partial charge on any atom is 0.309 e. The number of aromatic nitrogens is 1. The van der Waals surface area contributed by atoms with E-state index in [0.717, 1.165) is 0 Å². The van der Waals surface area contributed by atoms with Gasteiger partial charge in [-0.3, -0.25) is 9.59 Å². The quantitative estimate of drug-likeness (QED) is 0.257. The molecule has 0 saturated heterocycles. The van der Waals surface area contributed by atoms with Gasteiger partial charge in [0.15, 0.2) is 18.9 Å². The molecule has 0 aromatic carbocycles. The van der Waals surface area contributed by atoms with Crippen molar-refractivity contribution >= 4 is 17.5 Å². The molecule has 0 unspecified atom stereocenters. The summed E-state index contributed by atoms with van der Waals surface area (Å²) in [7, 11) is 0. The first-order valence-electron chi connectivity index (χ1n) is 8.74. The minimum absolute atomic E-state index is 0. The molecule has 0 spiro atoms. The fourth-order valence-corrected chi connectivity index (χ4v) is 2.53. The number of aliphatic carboxylic acids is 2. The Bertz CT molecular complexity index is 979. The van der Waals surface area contributed by atoms with E-state index in [4.69, 9.17) is 10.2 Å². The Labute approximate surface area is 191 Å². The van der Waals surface area contributed by atoms with Gasteiger partial charge in [0.2, 0.25) is 0 Å². The first-order chi connectivity index (χ1) is 13.9. The molecule has 1 aromatic rings. The average Bonchev–Trinajstić information content (AvgIpc) is 2.72. The number of carbonyl (C=O) groups is 2. The second-order valence-electron chi connectivity index (χ2n) is 6.13. The summed E-state index contributed by atoms with van der Waals surface area (Å²) < 4.78 is 1.70. The van der Waals surface area contributed by atoms with Crippen LogP contribution in [0.5, 0.6) is 0 Å². The minimum Gasteiger partial charge on any atom is -1.00 e. The summed E-state index contributed by atoms with van der Waals surface area (Å²) in [6.07, 6.45) is 11.6. The van der Waals surface area contributed by atoms with Crippen molar-refractivity contribution in [2.75, 3.05) is 6.54 Å². The zero-order valence-corrected chi connectivity index (χ0v) is 18.1. The molecule has 1 aliphatic heterocycles. The molecule has 0 fully saturated rings. The topological polar surface area (TPSA) is 129 Å². The van der Waals surface area contributed by atoms with E-state index in [1.54, 1.807) is 58.5 Å². The first-order valence-corrected chi connectivity index (χ1v) is 8.74. The highest BCUT2D eigenvalue weighted by molar-refractivity contribution is 5.79. The number of hydrogen-bond acceptors (Lipinski definition) is 5. The third-order valence-corrected chi connectivity index (χ3v) is 4.10. The lowest BCUT2D eigenvalue weighted by Crippen LogP contribution is -3.00. The van der Waals surface area contributed by atoms with Gasteiger partial charge in [-0.15, -0.1) is 0 Å². The van der Waals surface area contributed by atoms with Gasteiger partial charge in [-0.05, 0) is 23.8 Å². The Balaban J connectivity index is 0.00000450. The van der Waals surface area contributed by atoms with E-state index >= 15 is 0 Å². The van der Waals surface area contributed by atoms with Gasteiger partial charge in [0, 0.05) is 36.6 Å². The number of carboxylic acids is 2. The van der Waals surface area contributed by atoms with Crippen molar-refractivity contribution in [2.45, 2.75) is 19.4 Å². The SMILES string of the molecule is N#CC(/C=C(\C#N)c1cc[n+](CCC(=O)O)cc1)=C1C=CN(CCC(=O)O)C=C1.[I-]. The predicted molar refractivity (Wildman–Crippen MR) is 102 cm³/mol. The minimum atomic E-state index is -0.889. The molecule has 2 rings (SSSR count). The highest BCUT2D eigenvalue weighted by Gasteiger charge is 2.10. The maximum atomic E-state index is 10.6. The summed E-state index contributed by atoms with van der Waals surface area (Å²) in [5.41, 5.74) is 1.82.